The van der Waals surface area contributed by atoms with Crippen LogP contribution in [0.1, 0.15) is 39.5 Å². The van der Waals surface area contributed by atoms with Gasteiger partial charge in [0.05, 0.1) is 6.61 Å². The summed E-state index contributed by atoms with van der Waals surface area (Å²) in [5, 5.41) is 3.39. The summed E-state index contributed by atoms with van der Waals surface area (Å²) in [6.07, 6.45) is 4.53. The normalized spacial score (nSPS) is 17.9. The number of hydrogen-bond donors (Lipinski definition) is 1. The smallest absolute Gasteiger partial charge is 0.331 e. The second-order valence-corrected chi connectivity index (χ2v) is 6.51. The average Bonchev–Trinajstić information content (AvgIpc) is 2.37. The average molecular weight is 340 g/mol. The number of rotatable bonds is 6. The topological polar surface area (TPSA) is 38.3 Å². The van der Waals surface area contributed by atoms with Crippen molar-refractivity contribution in [3.8, 4) is 0 Å². The first-order chi connectivity index (χ1) is 9.55. The third-order valence-electron chi connectivity index (χ3n) is 3.93. The number of nitrogens with one attached hydrogen (secondary N) is 1. The van der Waals surface area contributed by atoms with Crippen molar-refractivity contribution < 1.29 is 9.53 Å². The minimum Gasteiger partial charge on any atom is -0.464 e. The van der Waals surface area contributed by atoms with E-state index in [2.05, 4.69) is 21.2 Å². The van der Waals surface area contributed by atoms with Gasteiger partial charge in [-0.3, -0.25) is 0 Å². The van der Waals surface area contributed by atoms with Crippen LogP contribution < -0.4 is 5.32 Å². The molecule has 0 bridgehead atoms. The maximum absolute atomic E-state index is 12.4. The zero-order chi connectivity index (χ0) is 14.6. The van der Waals surface area contributed by atoms with Crippen molar-refractivity contribution >= 4 is 27.6 Å². The van der Waals surface area contributed by atoms with Crippen molar-refractivity contribution in [3.63, 3.8) is 0 Å². The molecule has 0 aromatic heterocycles. The van der Waals surface area contributed by atoms with E-state index < -0.39 is 5.54 Å². The van der Waals surface area contributed by atoms with Crippen LogP contribution in [-0.4, -0.2) is 18.1 Å². The van der Waals surface area contributed by atoms with Crippen LogP contribution in [0.25, 0.3) is 0 Å². The summed E-state index contributed by atoms with van der Waals surface area (Å²) in [5.74, 6) is 0.460. The Bertz CT molecular complexity index is 473. The van der Waals surface area contributed by atoms with Crippen molar-refractivity contribution in [2.75, 3.05) is 11.9 Å². The molecule has 0 heterocycles. The second-order valence-electron chi connectivity index (χ2n) is 5.66. The van der Waals surface area contributed by atoms with Gasteiger partial charge in [0.15, 0.2) is 0 Å². The minimum atomic E-state index is -0.662. The number of benzene rings is 1. The standard InChI is InChI=1S/C16H22BrNO2/c1-3-20-15(19)16(2,11-12-7-6-8-12)18-14-10-5-4-9-13(14)17/h4-5,9-10,12,18H,3,6-8,11H2,1-2H3. The maximum atomic E-state index is 12.4. The molecular weight excluding hydrogens is 318 g/mol. The zero-order valence-electron chi connectivity index (χ0n) is 12.1. The van der Waals surface area contributed by atoms with Crippen LogP contribution in [0.15, 0.2) is 28.7 Å². The van der Waals surface area contributed by atoms with E-state index in [0.29, 0.717) is 12.5 Å². The largest absolute Gasteiger partial charge is 0.464 e. The molecule has 1 saturated carbocycles. The Labute approximate surface area is 129 Å². The number of carbonyl (C=O) groups excluding carboxylic acids is 1. The Balaban J connectivity index is 2.16. The molecule has 110 valence electrons. The number of para-hydroxylation sites is 1. The molecule has 0 radical (unpaired) electrons. The number of anilines is 1. The molecule has 0 spiro atoms. The Hall–Kier alpha value is -1.03. The molecule has 1 aromatic rings. The first-order valence-corrected chi connectivity index (χ1v) is 8.04. The number of hydrogen-bond acceptors (Lipinski definition) is 3. The van der Waals surface area contributed by atoms with Crippen LogP contribution in [0.4, 0.5) is 5.69 Å². The van der Waals surface area contributed by atoms with Gasteiger partial charge in [0.25, 0.3) is 0 Å². The second kappa shape index (κ2) is 6.61. The molecule has 1 N–H and O–H groups in total. The molecule has 0 aliphatic heterocycles. The number of esters is 1. The summed E-state index contributed by atoms with van der Waals surface area (Å²) in [7, 11) is 0. The van der Waals surface area contributed by atoms with Gasteiger partial charge in [-0.1, -0.05) is 31.4 Å². The lowest BCUT2D eigenvalue weighted by Crippen LogP contribution is -2.47. The number of carbonyl (C=O) groups is 1. The summed E-state index contributed by atoms with van der Waals surface area (Å²) in [4.78, 5) is 12.4. The summed E-state index contributed by atoms with van der Waals surface area (Å²) in [5.41, 5.74) is 0.271. The lowest BCUT2D eigenvalue weighted by molar-refractivity contribution is -0.148. The Morgan fingerprint density at radius 1 is 1.45 bits per heavy atom. The molecule has 1 fully saturated rings. The predicted octanol–water partition coefficient (Wildman–Crippen LogP) is 4.37. The van der Waals surface area contributed by atoms with E-state index in [0.717, 1.165) is 16.6 Å². The van der Waals surface area contributed by atoms with Gasteiger partial charge in [0, 0.05) is 10.2 Å². The highest BCUT2D eigenvalue weighted by Gasteiger charge is 2.39. The van der Waals surface area contributed by atoms with Gasteiger partial charge in [0.1, 0.15) is 5.54 Å². The van der Waals surface area contributed by atoms with Gasteiger partial charge in [-0.05, 0) is 54.2 Å². The van der Waals surface area contributed by atoms with Crippen LogP contribution in [-0.2, 0) is 9.53 Å². The summed E-state index contributed by atoms with van der Waals surface area (Å²) < 4.78 is 6.23. The summed E-state index contributed by atoms with van der Waals surface area (Å²) >= 11 is 3.52. The van der Waals surface area contributed by atoms with E-state index in [1.807, 2.05) is 38.1 Å². The Morgan fingerprint density at radius 3 is 2.70 bits per heavy atom. The third-order valence-corrected chi connectivity index (χ3v) is 4.62. The van der Waals surface area contributed by atoms with Crippen molar-refractivity contribution in [2.24, 2.45) is 5.92 Å². The lowest BCUT2D eigenvalue weighted by atomic mass is 9.76. The fraction of sp³-hybridized carbons (Fsp3) is 0.562. The van der Waals surface area contributed by atoms with Gasteiger partial charge in [0.2, 0.25) is 0 Å². The van der Waals surface area contributed by atoms with Crippen LogP contribution in [0.2, 0.25) is 0 Å². The predicted molar refractivity (Wildman–Crippen MR) is 84.8 cm³/mol. The van der Waals surface area contributed by atoms with E-state index >= 15 is 0 Å². The molecule has 3 nitrogen and oxygen atoms in total. The van der Waals surface area contributed by atoms with E-state index in [1.54, 1.807) is 0 Å². The first-order valence-electron chi connectivity index (χ1n) is 7.25. The molecule has 1 aliphatic carbocycles. The van der Waals surface area contributed by atoms with Gasteiger partial charge in [-0.2, -0.15) is 0 Å². The first kappa shape index (κ1) is 15.4. The highest BCUT2D eigenvalue weighted by Crippen LogP contribution is 2.36. The molecule has 20 heavy (non-hydrogen) atoms. The zero-order valence-corrected chi connectivity index (χ0v) is 13.7. The van der Waals surface area contributed by atoms with E-state index in [1.165, 1.54) is 19.3 Å². The lowest BCUT2D eigenvalue weighted by Gasteiger charge is -2.36. The number of halogens is 1. The quantitative estimate of drug-likeness (QED) is 0.782. The fourth-order valence-electron chi connectivity index (χ4n) is 2.61. The minimum absolute atomic E-state index is 0.164. The third kappa shape index (κ3) is 3.54. The van der Waals surface area contributed by atoms with Crippen molar-refractivity contribution in [1.29, 1.82) is 0 Å². The Kier molecular flexibility index (Phi) is 5.08. The summed E-state index contributed by atoms with van der Waals surface area (Å²) in [6, 6.07) is 7.87. The van der Waals surface area contributed by atoms with Gasteiger partial charge in [-0.15, -0.1) is 0 Å². The van der Waals surface area contributed by atoms with Crippen molar-refractivity contribution in [1.82, 2.24) is 0 Å². The van der Waals surface area contributed by atoms with Crippen LogP contribution >= 0.6 is 15.9 Å². The molecule has 2 rings (SSSR count). The maximum Gasteiger partial charge on any atom is 0.331 e. The van der Waals surface area contributed by atoms with Gasteiger partial charge >= 0.3 is 5.97 Å². The van der Waals surface area contributed by atoms with Crippen LogP contribution in [0.5, 0.6) is 0 Å². The number of ether oxygens (including phenoxy) is 1. The summed E-state index contributed by atoms with van der Waals surface area (Å²) in [6.45, 7) is 4.21. The molecule has 1 aliphatic rings. The molecule has 1 aromatic carbocycles. The molecule has 1 unspecified atom stereocenters. The fourth-order valence-corrected chi connectivity index (χ4v) is 2.99. The van der Waals surface area contributed by atoms with E-state index in [-0.39, 0.29) is 5.97 Å². The van der Waals surface area contributed by atoms with E-state index in [9.17, 15) is 4.79 Å². The highest BCUT2D eigenvalue weighted by molar-refractivity contribution is 9.10. The van der Waals surface area contributed by atoms with Crippen LogP contribution in [0.3, 0.4) is 0 Å². The molecular formula is C16H22BrNO2. The molecule has 1 atom stereocenters. The van der Waals surface area contributed by atoms with E-state index in [4.69, 9.17) is 4.74 Å². The van der Waals surface area contributed by atoms with Crippen molar-refractivity contribution in [2.45, 2.75) is 45.1 Å². The molecule has 0 saturated heterocycles. The Morgan fingerprint density at radius 2 is 2.15 bits per heavy atom. The van der Waals surface area contributed by atoms with Crippen molar-refractivity contribution in [3.05, 3.63) is 28.7 Å². The monoisotopic (exact) mass is 339 g/mol. The molecule has 4 heteroatoms. The SMILES string of the molecule is CCOC(=O)C(C)(CC1CCC1)Nc1ccccc1Br. The van der Waals surface area contributed by atoms with Gasteiger partial charge < -0.3 is 10.1 Å². The van der Waals surface area contributed by atoms with Gasteiger partial charge in [-0.25, -0.2) is 4.79 Å². The molecule has 0 amide bonds. The highest BCUT2D eigenvalue weighted by atomic mass is 79.9. The van der Waals surface area contributed by atoms with Crippen LogP contribution in [0, 0.1) is 5.92 Å².